The van der Waals surface area contributed by atoms with E-state index in [1.165, 1.54) is 12.1 Å². The molecule has 1 saturated heterocycles. The molecule has 1 aliphatic heterocycles. The van der Waals surface area contributed by atoms with E-state index < -0.39 is 53.8 Å². The van der Waals surface area contributed by atoms with Crippen molar-refractivity contribution in [1.82, 2.24) is 26.1 Å². The van der Waals surface area contributed by atoms with Crippen LogP contribution in [-0.4, -0.2) is 83.7 Å². The number of pyridine rings is 1. The first-order valence-corrected chi connectivity index (χ1v) is 15.8. The zero-order chi connectivity index (χ0) is 35.6. The van der Waals surface area contributed by atoms with Crippen molar-refractivity contribution in [1.29, 1.82) is 0 Å². The number of esters is 1. The monoisotopic (exact) mass is 673 g/mol. The lowest BCUT2D eigenvalue weighted by Crippen LogP contribution is -2.56. The van der Waals surface area contributed by atoms with E-state index in [1.54, 1.807) is 27.0 Å². The van der Waals surface area contributed by atoms with E-state index in [0.29, 0.717) is 5.57 Å². The fourth-order valence-electron chi connectivity index (χ4n) is 5.23. The molecule has 4 rings (SSSR count). The maximum atomic E-state index is 13.5. The third-order valence-corrected chi connectivity index (χ3v) is 7.97. The van der Waals surface area contributed by atoms with Crippen molar-refractivity contribution in [3.8, 4) is 11.3 Å². The van der Waals surface area contributed by atoms with Crippen LogP contribution in [0.15, 0.2) is 91.1 Å². The molecule has 0 aliphatic carbocycles. The minimum atomic E-state index is -1.26. The lowest BCUT2D eigenvalue weighted by Gasteiger charge is -2.32. The Hall–Kier alpha value is -5.27. The number of carbonyl (C=O) groups excluding carboxylic acids is 4. The number of aliphatic hydroxyl groups is 1. The molecule has 0 bridgehead atoms. The number of hydrogen-bond donors (Lipinski definition) is 4. The standard InChI is InChI=1S/C36H43N5O8/c1-23(2)30(39-34(45)47-5)32(43)40-41(20-25-14-16-26(17-15-25)27-13-9-10-18-37-27)21-29(42)28(19-24-11-7-6-8-12-24)38-35(46)49-31-33(44)48-22-36(31,3)4/h6-18,28-31,42H,1,19-22H2,2-5H3,(H,38,46)(H,39,45)(H,40,43). The zero-order valence-corrected chi connectivity index (χ0v) is 28.0. The predicted octanol–water partition coefficient (Wildman–Crippen LogP) is 3.53. The number of alkyl carbamates (subject to hydrolysis) is 2. The number of hydrogen-bond acceptors (Lipinski definition) is 10. The number of ether oxygens (including phenoxy) is 3. The molecule has 13 heteroatoms. The lowest BCUT2D eigenvalue weighted by atomic mass is 9.90. The summed E-state index contributed by atoms with van der Waals surface area (Å²) in [7, 11) is 1.18. The molecule has 0 spiro atoms. The van der Waals surface area contributed by atoms with Gasteiger partial charge in [0.2, 0.25) is 6.10 Å². The van der Waals surface area contributed by atoms with Gasteiger partial charge in [0.05, 0.1) is 24.9 Å². The summed E-state index contributed by atoms with van der Waals surface area (Å²) < 4.78 is 15.3. The average molecular weight is 674 g/mol. The number of rotatable bonds is 14. The number of nitrogens with zero attached hydrogens (tertiary/aromatic N) is 2. The van der Waals surface area contributed by atoms with E-state index in [-0.39, 0.29) is 26.1 Å². The molecule has 0 saturated carbocycles. The number of nitrogens with one attached hydrogen (secondary N) is 3. The van der Waals surface area contributed by atoms with E-state index in [4.69, 9.17) is 9.47 Å². The van der Waals surface area contributed by atoms with Gasteiger partial charge in [-0.25, -0.2) is 19.4 Å². The predicted molar refractivity (Wildman–Crippen MR) is 180 cm³/mol. The Morgan fingerprint density at radius 1 is 1.02 bits per heavy atom. The number of hydrazine groups is 1. The van der Waals surface area contributed by atoms with E-state index in [2.05, 4.69) is 32.4 Å². The molecule has 0 radical (unpaired) electrons. The van der Waals surface area contributed by atoms with Crippen LogP contribution in [0.1, 0.15) is 31.9 Å². The quantitative estimate of drug-likeness (QED) is 0.0860. The number of benzene rings is 2. The minimum absolute atomic E-state index is 0.105. The molecule has 49 heavy (non-hydrogen) atoms. The second-order valence-electron chi connectivity index (χ2n) is 12.6. The molecule has 1 fully saturated rings. The molecule has 4 N–H and O–H groups in total. The van der Waals surface area contributed by atoms with Gasteiger partial charge in [-0.05, 0) is 42.2 Å². The first kappa shape index (κ1) is 36.6. The van der Waals surface area contributed by atoms with Crippen LogP contribution in [-0.2, 0) is 36.8 Å². The number of methoxy groups -OCH3 is 1. The van der Waals surface area contributed by atoms with Crippen LogP contribution in [0.5, 0.6) is 0 Å². The van der Waals surface area contributed by atoms with Crippen LogP contribution in [0.2, 0.25) is 0 Å². The number of cyclic esters (lactones) is 1. The second kappa shape index (κ2) is 16.7. The third-order valence-electron chi connectivity index (χ3n) is 7.97. The van der Waals surface area contributed by atoms with Crippen LogP contribution in [0.3, 0.4) is 0 Å². The summed E-state index contributed by atoms with van der Waals surface area (Å²) in [5.74, 6) is -1.26. The molecule has 2 aromatic carbocycles. The van der Waals surface area contributed by atoms with E-state index in [1.807, 2.05) is 72.8 Å². The van der Waals surface area contributed by atoms with Gasteiger partial charge in [-0.15, -0.1) is 0 Å². The Morgan fingerprint density at radius 3 is 2.31 bits per heavy atom. The highest BCUT2D eigenvalue weighted by atomic mass is 16.6. The summed E-state index contributed by atoms with van der Waals surface area (Å²) >= 11 is 0. The Kier molecular flexibility index (Phi) is 12.5. The minimum Gasteiger partial charge on any atom is -0.462 e. The lowest BCUT2D eigenvalue weighted by molar-refractivity contribution is -0.145. The van der Waals surface area contributed by atoms with Crippen molar-refractivity contribution in [2.24, 2.45) is 5.41 Å². The Bertz CT molecular complexity index is 1600. The summed E-state index contributed by atoms with van der Waals surface area (Å²) in [6.45, 7) is 8.99. The van der Waals surface area contributed by atoms with E-state index >= 15 is 0 Å². The van der Waals surface area contributed by atoms with Gasteiger partial charge < -0.3 is 30.0 Å². The van der Waals surface area contributed by atoms with Gasteiger partial charge in [-0.1, -0.05) is 81.1 Å². The van der Waals surface area contributed by atoms with Gasteiger partial charge >= 0.3 is 18.2 Å². The highest BCUT2D eigenvalue weighted by molar-refractivity contribution is 5.88. The van der Waals surface area contributed by atoms with Gasteiger partial charge in [0.25, 0.3) is 5.91 Å². The van der Waals surface area contributed by atoms with Crippen molar-refractivity contribution >= 4 is 24.1 Å². The van der Waals surface area contributed by atoms with Gasteiger partial charge in [-0.3, -0.25) is 15.2 Å². The summed E-state index contributed by atoms with van der Waals surface area (Å²) in [6, 6.07) is 20.3. The van der Waals surface area contributed by atoms with Crippen molar-refractivity contribution in [3.63, 3.8) is 0 Å². The van der Waals surface area contributed by atoms with Crippen LogP contribution in [0, 0.1) is 5.41 Å². The summed E-state index contributed by atoms with van der Waals surface area (Å²) in [6.07, 6.45) is -2.19. The highest BCUT2D eigenvalue weighted by Gasteiger charge is 2.47. The maximum Gasteiger partial charge on any atom is 0.408 e. The van der Waals surface area contributed by atoms with Crippen molar-refractivity contribution in [2.75, 3.05) is 20.3 Å². The van der Waals surface area contributed by atoms with Crippen LogP contribution < -0.4 is 16.1 Å². The molecule has 3 amide bonds. The topological polar surface area (TPSA) is 168 Å². The molecule has 3 aromatic rings. The Labute approximate surface area is 285 Å². The Morgan fingerprint density at radius 2 is 1.71 bits per heavy atom. The van der Waals surface area contributed by atoms with Gasteiger partial charge in [0.1, 0.15) is 12.6 Å². The smallest absolute Gasteiger partial charge is 0.408 e. The number of amides is 3. The Balaban J connectivity index is 1.57. The molecule has 1 aliphatic rings. The van der Waals surface area contributed by atoms with E-state index in [0.717, 1.165) is 22.4 Å². The number of aliphatic hydroxyl groups excluding tert-OH is 1. The number of aromatic nitrogens is 1. The van der Waals surface area contributed by atoms with Crippen LogP contribution >= 0.6 is 0 Å². The molecule has 2 heterocycles. The SMILES string of the molecule is C=C(C)C(NC(=O)OC)C(=O)NN(Cc1ccc(-c2ccccn2)cc1)CC(O)C(Cc1ccccc1)NC(=O)OC1C(=O)OCC1(C)C. The zero-order valence-electron chi connectivity index (χ0n) is 28.0. The van der Waals surface area contributed by atoms with Gasteiger partial charge in [0, 0.05) is 30.3 Å². The van der Waals surface area contributed by atoms with Crippen molar-refractivity contribution in [3.05, 3.63) is 102 Å². The third kappa shape index (κ3) is 10.4. The largest absolute Gasteiger partial charge is 0.462 e. The summed E-state index contributed by atoms with van der Waals surface area (Å²) in [4.78, 5) is 55.3. The fourth-order valence-corrected chi connectivity index (χ4v) is 5.23. The molecule has 4 atom stereocenters. The van der Waals surface area contributed by atoms with Crippen LogP contribution in [0.25, 0.3) is 11.3 Å². The molecular formula is C36H43N5O8. The first-order valence-electron chi connectivity index (χ1n) is 15.8. The van der Waals surface area contributed by atoms with Gasteiger partial charge in [0.15, 0.2) is 0 Å². The molecule has 1 aromatic heterocycles. The fraction of sp³-hybridized carbons (Fsp3) is 0.361. The average Bonchev–Trinajstić information content (AvgIpc) is 3.34. The second-order valence-corrected chi connectivity index (χ2v) is 12.6. The first-order chi connectivity index (χ1) is 23.4. The summed E-state index contributed by atoms with van der Waals surface area (Å²) in [5, 5.41) is 18.3. The molecule has 13 nitrogen and oxygen atoms in total. The molecule has 4 unspecified atom stereocenters. The van der Waals surface area contributed by atoms with Crippen molar-refractivity contribution in [2.45, 2.75) is 58.0 Å². The highest BCUT2D eigenvalue weighted by Crippen LogP contribution is 2.31. The van der Waals surface area contributed by atoms with Crippen LogP contribution in [0.4, 0.5) is 9.59 Å². The maximum absolute atomic E-state index is 13.5. The molecular weight excluding hydrogens is 630 g/mol. The normalized spacial score (nSPS) is 16.9. The van der Waals surface area contributed by atoms with Crippen molar-refractivity contribution < 1.29 is 38.5 Å². The summed E-state index contributed by atoms with van der Waals surface area (Å²) in [5.41, 5.74) is 5.70. The molecule has 260 valence electrons. The van der Waals surface area contributed by atoms with Gasteiger partial charge in [-0.2, -0.15) is 0 Å². The van der Waals surface area contributed by atoms with E-state index in [9.17, 15) is 24.3 Å². The number of carbonyl (C=O) groups is 4.